The van der Waals surface area contributed by atoms with Gasteiger partial charge in [-0.15, -0.1) is 0 Å². The summed E-state index contributed by atoms with van der Waals surface area (Å²) in [7, 11) is 3.00. The first-order chi connectivity index (χ1) is 14.4. The molecule has 1 heterocycles. The lowest BCUT2D eigenvalue weighted by Crippen LogP contribution is -2.33. The Hall–Kier alpha value is -3.88. The van der Waals surface area contributed by atoms with Crippen molar-refractivity contribution in [2.75, 3.05) is 26.1 Å². The molecule has 156 valence electrons. The van der Waals surface area contributed by atoms with E-state index in [4.69, 9.17) is 9.47 Å². The van der Waals surface area contributed by atoms with Gasteiger partial charge in [-0.3, -0.25) is 24.6 Å². The van der Waals surface area contributed by atoms with E-state index in [2.05, 4.69) is 5.32 Å². The van der Waals surface area contributed by atoms with Gasteiger partial charge in [-0.25, -0.2) is 0 Å². The van der Waals surface area contributed by atoms with Crippen molar-refractivity contribution in [2.24, 2.45) is 0 Å². The number of anilines is 1. The van der Waals surface area contributed by atoms with E-state index >= 15 is 0 Å². The van der Waals surface area contributed by atoms with Crippen LogP contribution in [0.4, 0.5) is 11.4 Å². The van der Waals surface area contributed by atoms with Crippen LogP contribution in [0, 0.1) is 10.1 Å². The molecule has 3 rings (SSSR count). The van der Waals surface area contributed by atoms with Crippen LogP contribution in [0.25, 0.3) is 5.57 Å². The zero-order valence-corrected chi connectivity index (χ0v) is 16.8. The van der Waals surface area contributed by atoms with Crippen LogP contribution >= 0.6 is 0 Å². The molecule has 2 aromatic rings. The van der Waals surface area contributed by atoms with Crippen LogP contribution in [0.15, 0.2) is 48.2 Å². The third kappa shape index (κ3) is 3.82. The number of nitro benzene ring substituents is 1. The summed E-state index contributed by atoms with van der Waals surface area (Å²) in [5.41, 5.74) is 0.972. The number of hydrogen-bond acceptors (Lipinski definition) is 7. The predicted molar refractivity (Wildman–Crippen MR) is 110 cm³/mol. The van der Waals surface area contributed by atoms with Gasteiger partial charge in [0.05, 0.1) is 30.4 Å². The summed E-state index contributed by atoms with van der Waals surface area (Å²) in [6.45, 7) is 2.12. The average Bonchev–Trinajstić information content (AvgIpc) is 2.98. The molecule has 0 spiro atoms. The summed E-state index contributed by atoms with van der Waals surface area (Å²) in [5.74, 6) is 0.0682. The van der Waals surface area contributed by atoms with Gasteiger partial charge < -0.3 is 14.8 Å². The number of nitrogens with one attached hydrogen (secondary N) is 1. The van der Waals surface area contributed by atoms with Crippen LogP contribution in [0.1, 0.15) is 18.9 Å². The molecule has 0 atom stereocenters. The second kappa shape index (κ2) is 8.64. The molecule has 1 aliphatic heterocycles. The maximum Gasteiger partial charge on any atom is 0.278 e. The summed E-state index contributed by atoms with van der Waals surface area (Å²) in [5, 5.41) is 14.0. The lowest BCUT2D eigenvalue weighted by Gasteiger charge is -2.15. The normalized spacial score (nSPS) is 13.6. The number of carbonyl (C=O) groups excluding carboxylic acids is 2. The van der Waals surface area contributed by atoms with Crippen LogP contribution in [0.3, 0.4) is 0 Å². The molecule has 0 saturated heterocycles. The first-order valence-corrected chi connectivity index (χ1v) is 9.25. The molecule has 0 aliphatic carbocycles. The summed E-state index contributed by atoms with van der Waals surface area (Å²) in [4.78, 5) is 37.6. The highest BCUT2D eigenvalue weighted by Gasteiger charge is 2.39. The third-order valence-corrected chi connectivity index (χ3v) is 4.65. The highest BCUT2D eigenvalue weighted by molar-refractivity contribution is 6.36. The van der Waals surface area contributed by atoms with E-state index in [-0.39, 0.29) is 23.5 Å². The zero-order chi connectivity index (χ0) is 21.8. The number of nitro groups is 1. The molecule has 1 aliphatic rings. The van der Waals surface area contributed by atoms with Crippen molar-refractivity contribution in [3.8, 4) is 11.5 Å². The smallest absolute Gasteiger partial charge is 0.278 e. The molecule has 0 aromatic heterocycles. The van der Waals surface area contributed by atoms with Crippen molar-refractivity contribution < 1.29 is 24.0 Å². The highest BCUT2D eigenvalue weighted by Crippen LogP contribution is 2.35. The number of ether oxygens (including phenoxy) is 2. The Morgan fingerprint density at radius 1 is 1.03 bits per heavy atom. The number of rotatable bonds is 8. The Morgan fingerprint density at radius 2 is 1.73 bits per heavy atom. The van der Waals surface area contributed by atoms with Crippen molar-refractivity contribution >= 4 is 28.8 Å². The predicted octanol–water partition coefficient (Wildman–Crippen LogP) is 3.21. The van der Waals surface area contributed by atoms with Crippen LogP contribution in [0.2, 0.25) is 0 Å². The number of benzene rings is 2. The average molecular weight is 411 g/mol. The first kappa shape index (κ1) is 20.8. The Labute approximate surface area is 173 Å². The summed E-state index contributed by atoms with van der Waals surface area (Å²) in [6, 6.07) is 10.5. The SMILES string of the molecule is CCCN1C(=O)C(Nc2cc(OC)ccc2OC)=C(c2ccc([N+](=O)[O-])cc2)C1=O. The molecule has 1 N–H and O–H groups in total. The number of nitrogens with zero attached hydrogens (tertiary/aromatic N) is 2. The standard InChI is InChI=1S/C21H21N3O6/c1-4-11-23-20(25)18(13-5-7-14(8-6-13)24(27)28)19(21(23)26)22-16-12-15(29-2)9-10-17(16)30-3/h5-10,12,22H,4,11H2,1-3H3. The largest absolute Gasteiger partial charge is 0.497 e. The fourth-order valence-electron chi connectivity index (χ4n) is 3.18. The quantitative estimate of drug-likeness (QED) is 0.403. The maximum absolute atomic E-state index is 13.0. The topological polar surface area (TPSA) is 111 Å². The second-order valence-electron chi connectivity index (χ2n) is 6.51. The zero-order valence-electron chi connectivity index (χ0n) is 16.8. The minimum absolute atomic E-state index is 0.0776. The molecule has 30 heavy (non-hydrogen) atoms. The lowest BCUT2D eigenvalue weighted by atomic mass is 10.0. The van der Waals surface area contributed by atoms with Gasteiger partial charge in [0.2, 0.25) is 0 Å². The molecule has 2 aromatic carbocycles. The van der Waals surface area contributed by atoms with Crippen molar-refractivity contribution in [1.82, 2.24) is 4.90 Å². The second-order valence-corrected chi connectivity index (χ2v) is 6.51. The molecule has 0 unspecified atom stereocenters. The molecular weight excluding hydrogens is 390 g/mol. The van der Waals surface area contributed by atoms with E-state index < -0.39 is 16.7 Å². The van der Waals surface area contributed by atoms with Gasteiger partial charge in [0.25, 0.3) is 17.5 Å². The van der Waals surface area contributed by atoms with Gasteiger partial charge in [0.1, 0.15) is 17.2 Å². The Bertz CT molecular complexity index is 1030. The number of amides is 2. The Kier molecular flexibility index (Phi) is 6.01. The number of carbonyl (C=O) groups is 2. The molecule has 2 amide bonds. The molecule has 9 heteroatoms. The van der Waals surface area contributed by atoms with Gasteiger partial charge in [0, 0.05) is 24.7 Å². The minimum atomic E-state index is -0.524. The van der Waals surface area contributed by atoms with Crippen molar-refractivity contribution in [3.05, 3.63) is 63.8 Å². The number of non-ortho nitro benzene ring substituents is 1. The van der Waals surface area contributed by atoms with Gasteiger partial charge in [-0.2, -0.15) is 0 Å². The lowest BCUT2D eigenvalue weighted by molar-refractivity contribution is -0.384. The van der Waals surface area contributed by atoms with Gasteiger partial charge in [0.15, 0.2) is 0 Å². The number of methoxy groups -OCH3 is 2. The van der Waals surface area contributed by atoms with Crippen molar-refractivity contribution in [3.63, 3.8) is 0 Å². The van der Waals surface area contributed by atoms with Gasteiger partial charge in [-0.1, -0.05) is 6.92 Å². The van der Waals surface area contributed by atoms with Crippen LogP contribution in [-0.2, 0) is 9.59 Å². The maximum atomic E-state index is 13.0. The minimum Gasteiger partial charge on any atom is -0.497 e. The number of hydrogen-bond donors (Lipinski definition) is 1. The van der Waals surface area contributed by atoms with Crippen molar-refractivity contribution in [1.29, 1.82) is 0 Å². The monoisotopic (exact) mass is 411 g/mol. The van der Waals surface area contributed by atoms with Crippen LogP contribution in [-0.4, -0.2) is 42.4 Å². The Balaban J connectivity index is 2.11. The van der Waals surface area contributed by atoms with E-state index in [1.165, 1.54) is 38.5 Å². The number of imide groups is 1. The fraction of sp³-hybridized carbons (Fsp3) is 0.238. The fourth-order valence-corrected chi connectivity index (χ4v) is 3.18. The molecular formula is C21H21N3O6. The first-order valence-electron chi connectivity index (χ1n) is 9.25. The van der Waals surface area contributed by atoms with E-state index in [0.29, 0.717) is 29.2 Å². The molecule has 9 nitrogen and oxygen atoms in total. The summed E-state index contributed by atoms with van der Waals surface area (Å²) < 4.78 is 10.6. The van der Waals surface area contributed by atoms with Gasteiger partial charge in [-0.05, 0) is 36.2 Å². The third-order valence-electron chi connectivity index (χ3n) is 4.65. The molecule has 0 bridgehead atoms. The highest BCUT2D eigenvalue weighted by atomic mass is 16.6. The van der Waals surface area contributed by atoms with Crippen molar-refractivity contribution in [2.45, 2.75) is 13.3 Å². The van der Waals surface area contributed by atoms with E-state index in [1.54, 1.807) is 18.2 Å². The Morgan fingerprint density at radius 3 is 2.30 bits per heavy atom. The van der Waals surface area contributed by atoms with E-state index in [0.717, 1.165) is 4.90 Å². The molecule has 0 saturated carbocycles. The van der Waals surface area contributed by atoms with E-state index in [9.17, 15) is 19.7 Å². The van der Waals surface area contributed by atoms with Gasteiger partial charge >= 0.3 is 0 Å². The summed E-state index contributed by atoms with van der Waals surface area (Å²) >= 11 is 0. The van der Waals surface area contributed by atoms with E-state index in [1.807, 2.05) is 6.92 Å². The summed E-state index contributed by atoms with van der Waals surface area (Å²) in [6.07, 6.45) is 0.598. The molecule has 0 radical (unpaired) electrons. The van der Waals surface area contributed by atoms with Crippen LogP contribution in [0.5, 0.6) is 11.5 Å². The van der Waals surface area contributed by atoms with Crippen LogP contribution < -0.4 is 14.8 Å². The molecule has 0 fully saturated rings.